The molecule has 2 rings (SSSR count). The summed E-state index contributed by atoms with van der Waals surface area (Å²) < 4.78 is 14.4. The van der Waals surface area contributed by atoms with Crippen LogP contribution in [0.2, 0.25) is 0 Å². The van der Waals surface area contributed by atoms with E-state index in [4.69, 9.17) is 0 Å². The zero-order valence-corrected chi connectivity index (χ0v) is 18.1. The smallest absolute Gasteiger partial charge is 0.238 e. The third kappa shape index (κ3) is 6.42. The van der Waals surface area contributed by atoms with Crippen molar-refractivity contribution in [3.63, 3.8) is 0 Å². The Morgan fingerprint density at radius 2 is 1.68 bits per heavy atom. The molecule has 2 N–H and O–H groups in total. The zero-order chi connectivity index (χ0) is 20.8. The van der Waals surface area contributed by atoms with Gasteiger partial charge in [0.1, 0.15) is 5.82 Å². The van der Waals surface area contributed by atoms with Crippen molar-refractivity contribution in [3.05, 3.63) is 57.3 Å². The molecule has 0 radical (unpaired) electrons. The number of carbonyl (C=O) groups excluding carboxylic acids is 2. The second-order valence-electron chi connectivity index (χ2n) is 6.98. The Morgan fingerprint density at radius 3 is 2.29 bits per heavy atom. The van der Waals surface area contributed by atoms with Crippen LogP contribution < -0.4 is 10.6 Å². The number of amides is 2. The van der Waals surface area contributed by atoms with Crippen LogP contribution >= 0.6 is 15.9 Å². The van der Waals surface area contributed by atoms with Crippen LogP contribution in [0.1, 0.15) is 23.1 Å². The van der Waals surface area contributed by atoms with Crippen LogP contribution in [-0.2, 0) is 9.59 Å². The van der Waals surface area contributed by atoms with Gasteiger partial charge in [0, 0.05) is 23.1 Å². The lowest BCUT2D eigenvalue weighted by atomic mass is 10.1. The molecule has 0 aliphatic carbocycles. The summed E-state index contributed by atoms with van der Waals surface area (Å²) in [6.45, 7) is 6.48. The fraction of sp³-hybridized carbons (Fsp3) is 0.333. The lowest BCUT2D eigenvalue weighted by molar-refractivity contribution is -0.119. The van der Waals surface area contributed by atoms with Gasteiger partial charge in [-0.15, -0.1) is 0 Å². The number of halogens is 2. The summed E-state index contributed by atoms with van der Waals surface area (Å²) in [7, 11) is 1.77. The predicted octanol–water partition coefficient (Wildman–Crippen LogP) is 4.41. The topological polar surface area (TPSA) is 61.4 Å². The van der Waals surface area contributed by atoms with Gasteiger partial charge in [0.15, 0.2) is 0 Å². The lowest BCUT2D eigenvalue weighted by Gasteiger charge is -2.18. The highest BCUT2D eigenvalue weighted by Crippen LogP contribution is 2.22. The van der Waals surface area contributed by atoms with E-state index in [0.717, 1.165) is 22.4 Å². The van der Waals surface area contributed by atoms with Crippen LogP contribution in [0.3, 0.4) is 0 Å². The summed E-state index contributed by atoms with van der Waals surface area (Å²) >= 11 is 3.17. The monoisotopic (exact) mass is 449 g/mol. The lowest BCUT2D eigenvalue weighted by Crippen LogP contribution is -2.32. The van der Waals surface area contributed by atoms with Crippen LogP contribution in [0, 0.1) is 26.6 Å². The van der Waals surface area contributed by atoms with E-state index in [-0.39, 0.29) is 30.5 Å². The number of aryl methyl sites for hydroxylation is 3. The van der Waals surface area contributed by atoms with Crippen molar-refractivity contribution in [2.45, 2.75) is 27.2 Å². The normalized spacial score (nSPS) is 10.8. The molecule has 0 fully saturated rings. The molecular formula is C21H25BrFN3O2. The first-order valence-electron chi connectivity index (χ1n) is 8.97. The van der Waals surface area contributed by atoms with Crippen LogP contribution in [0.15, 0.2) is 34.8 Å². The molecule has 0 saturated heterocycles. The molecule has 2 aromatic carbocycles. The number of hydrogen-bond acceptors (Lipinski definition) is 3. The Kier molecular flexibility index (Phi) is 7.71. The summed E-state index contributed by atoms with van der Waals surface area (Å²) in [4.78, 5) is 26.1. The first-order valence-corrected chi connectivity index (χ1v) is 9.76. The molecule has 7 heteroatoms. The molecule has 0 spiro atoms. The summed E-state index contributed by atoms with van der Waals surface area (Å²) in [5, 5.41) is 5.49. The largest absolute Gasteiger partial charge is 0.324 e. The molecule has 28 heavy (non-hydrogen) atoms. The molecule has 0 aliphatic heterocycles. The molecule has 2 aromatic rings. The Labute approximate surface area is 173 Å². The summed E-state index contributed by atoms with van der Waals surface area (Å²) in [6, 6.07) is 8.50. The number of nitrogens with zero attached hydrogens (tertiary/aromatic N) is 1. The minimum Gasteiger partial charge on any atom is -0.324 e. The van der Waals surface area contributed by atoms with Crippen molar-refractivity contribution in [2.24, 2.45) is 0 Å². The zero-order valence-electron chi connectivity index (χ0n) is 16.5. The third-order valence-electron chi connectivity index (χ3n) is 4.28. The summed E-state index contributed by atoms with van der Waals surface area (Å²) in [5.41, 5.74) is 4.15. The number of carbonyl (C=O) groups is 2. The van der Waals surface area contributed by atoms with Gasteiger partial charge >= 0.3 is 0 Å². The molecule has 0 aromatic heterocycles. The number of benzene rings is 2. The number of nitrogens with one attached hydrogen (secondary N) is 2. The fourth-order valence-corrected chi connectivity index (χ4v) is 3.31. The number of likely N-dealkylation sites (N-methyl/N-ethyl adjacent to an activating group) is 1. The van der Waals surface area contributed by atoms with Crippen LogP contribution in [-0.4, -0.2) is 36.9 Å². The quantitative estimate of drug-likeness (QED) is 0.657. The van der Waals surface area contributed by atoms with Gasteiger partial charge in [-0.1, -0.05) is 33.6 Å². The molecule has 0 saturated carbocycles. The first-order chi connectivity index (χ1) is 13.2. The Morgan fingerprint density at radius 1 is 1.04 bits per heavy atom. The highest BCUT2D eigenvalue weighted by atomic mass is 79.9. The van der Waals surface area contributed by atoms with E-state index < -0.39 is 5.82 Å². The van der Waals surface area contributed by atoms with E-state index in [1.807, 2.05) is 32.9 Å². The number of rotatable bonds is 7. The van der Waals surface area contributed by atoms with Crippen molar-refractivity contribution < 1.29 is 14.0 Å². The Bertz CT molecular complexity index is 863. The van der Waals surface area contributed by atoms with E-state index >= 15 is 0 Å². The van der Waals surface area contributed by atoms with Crippen molar-refractivity contribution in [1.29, 1.82) is 0 Å². The van der Waals surface area contributed by atoms with Crippen LogP contribution in [0.25, 0.3) is 0 Å². The molecule has 150 valence electrons. The third-order valence-corrected chi connectivity index (χ3v) is 4.77. The molecule has 0 bridgehead atoms. The van der Waals surface area contributed by atoms with Crippen molar-refractivity contribution in [1.82, 2.24) is 4.90 Å². The van der Waals surface area contributed by atoms with Crippen LogP contribution in [0.5, 0.6) is 0 Å². The average molecular weight is 450 g/mol. The number of anilines is 2. The minimum atomic E-state index is -0.501. The average Bonchev–Trinajstić information content (AvgIpc) is 2.59. The predicted molar refractivity (Wildman–Crippen MR) is 114 cm³/mol. The van der Waals surface area contributed by atoms with Crippen molar-refractivity contribution in [2.75, 3.05) is 30.8 Å². The molecule has 0 atom stereocenters. The van der Waals surface area contributed by atoms with Crippen molar-refractivity contribution >= 4 is 39.1 Å². The van der Waals surface area contributed by atoms with Crippen molar-refractivity contribution in [3.8, 4) is 0 Å². The minimum absolute atomic E-state index is 0.138. The van der Waals surface area contributed by atoms with Gasteiger partial charge in [0.25, 0.3) is 0 Å². The maximum Gasteiger partial charge on any atom is 0.238 e. The molecular weight excluding hydrogens is 425 g/mol. The van der Waals surface area contributed by atoms with Gasteiger partial charge in [-0.05, 0) is 57.1 Å². The second kappa shape index (κ2) is 9.80. The molecule has 5 nitrogen and oxygen atoms in total. The van der Waals surface area contributed by atoms with Gasteiger partial charge in [-0.3, -0.25) is 14.5 Å². The van der Waals surface area contributed by atoms with E-state index in [1.54, 1.807) is 18.0 Å². The number of hydrogen-bond donors (Lipinski definition) is 2. The molecule has 0 unspecified atom stereocenters. The molecule has 2 amide bonds. The highest BCUT2D eigenvalue weighted by molar-refractivity contribution is 9.10. The molecule has 0 heterocycles. The Balaban J connectivity index is 1.82. The van der Waals surface area contributed by atoms with Gasteiger partial charge in [0.2, 0.25) is 11.8 Å². The van der Waals surface area contributed by atoms with Crippen LogP contribution in [0.4, 0.5) is 15.8 Å². The first kappa shape index (κ1) is 22.0. The maximum atomic E-state index is 13.8. The van der Waals surface area contributed by atoms with Gasteiger partial charge in [-0.25, -0.2) is 4.39 Å². The SMILES string of the molecule is Cc1cc(C)c(NC(=O)CN(C)CCC(=O)Nc2ccc(Br)cc2F)c(C)c1. The maximum absolute atomic E-state index is 13.8. The van der Waals surface area contributed by atoms with Gasteiger partial charge in [-0.2, -0.15) is 0 Å². The van der Waals surface area contributed by atoms with E-state index in [0.29, 0.717) is 11.0 Å². The highest BCUT2D eigenvalue weighted by Gasteiger charge is 2.13. The molecule has 0 aliphatic rings. The van der Waals surface area contributed by atoms with E-state index in [9.17, 15) is 14.0 Å². The fourth-order valence-electron chi connectivity index (χ4n) is 2.98. The summed E-state index contributed by atoms with van der Waals surface area (Å²) in [6.07, 6.45) is 0.155. The van der Waals surface area contributed by atoms with Gasteiger partial charge < -0.3 is 10.6 Å². The summed E-state index contributed by atoms with van der Waals surface area (Å²) in [5.74, 6) is -0.949. The van der Waals surface area contributed by atoms with E-state index in [2.05, 4.69) is 26.6 Å². The van der Waals surface area contributed by atoms with Gasteiger partial charge in [0.05, 0.1) is 12.2 Å². The standard InChI is InChI=1S/C21H25BrFN3O2/c1-13-9-14(2)21(15(3)10-13)25-20(28)12-26(4)8-7-19(27)24-18-6-5-16(22)11-17(18)23/h5-6,9-11H,7-8,12H2,1-4H3,(H,24,27)(H,25,28). The Hall–Kier alpha value is -2.25. The second-order valence-corrected chi connectivity index (χ2v) is 7.90. The van der Waals surface area contributed by atoms with E-state index in [1.165, 1.54) is 12.1 Å².